The van der Waals surface area contributed by atoms with Gasteiger partial charge in [-0.15, -0.1) is 0 Å². The molecule has 1 aromatic rings. The molecule has 0 heterocycles. The summed E-state index contributed by atoms with van der Waals surface area (Å²) in [5, 5.41) is 0. The molecule has 0 spiro atoms. The van der Waals surface area contributed by atoms with Crippen molar-refractivity contribution in [1.29, 1.82) is 0 Å². The molecule has 0 fully saturated rings. The maximum Gasteiger partial charge on any atom is 0.260 e. The van der Waals surface area contributed by atoms with Gasteiger partial charge in [-0.3, -0.25) is 14.5 Å². The number of amides is 2. The number of nitrogens with zero attached hydrogens (tertiary/aromatic N) is 1. The first kappa shape index (κ1) is 13.4. The summed E-state index contributed by atoms with van der Waals surface area (Å²) in [6.45, 7) is 5.81. The lowest BCUT2D eigenvalue weighted by Crippen LogP contribution is -2.37. The van der Waals surface area contributed by atoms with Crippen LogP contribution in [0.15, 0.2) is 24.3 Å². The van der Waals surface area contributed by atoms with Crippen LogP contribution in [0.2, 0.25) is 0 Å². The molecule has 2 amide bonds. The molecule has 17 heavy (non-hydrogen) atoms. The quantitative estimate of drug-likeness (QED) is 0.733. The van der Waals surface area contributed by atoms with Crippen LogP contribution in [-0.2, 0) is 4.79 Å². The van der Waals surface area contributed by atoms with Crippen LogP contribution in [0.3, 0.4) is 0 Å². The Morgan fingerprint density at radius 3 is 2.59 bits per heavy atom. The lowest BCUT2D eigenvalue weighted by atomic mass is 10.1. The van der Waals surface area contributed by atoms with Crippen molar-refractivity contribution in [2.45, 2.75) is 39.7 Å². The summed E-state index contributed by atoms with van der Waals surface area (Å²) >= 11 is 0. The average Bonchev–Trinajstić information content (AvgIpc) is 2.30. The molecule has 0 aliphatic heterocycles. The molecule has 92 valence electrons. The Morgan fingerprint density at radius 2 is 2.06 bits per heavy atom. The highest BCUT2D eigenvalue weighted by Crippen LogP contribution is 2.13. The van der Waals surface area contributed by atoms with Gasteiger partial charge in [-0.05, 0) is 31.9 Å². The first-order valence-corrected chi connectivity index (χ1v) is 5.95. The highest BCUT2D eigenvalue weighted by molar-refractivity contribution is 6.01. The van der Waals surface area contributed by atoms with Crippen molar-refractivity contribution in [3.05, 3.63) is 35.4 Å². The fourth-order valence-corrected chi connectivity index (χ4v) is 1.86. The first-order chi connectivity index (χ1) is 8.11. The predicted molar refractivity (Wildman–Crippen MR) is 67.8 cm³/mol. The minimum absolute atomic E-state index is 0.0513. The molecule has 1 unspecified atom stereocenters. The van der Waals surface area contributed by atoms with E-state index in [1.54, 1.807) is 6.07 Å². The highest BCUT2D eigenvalue weighted by Gasteiger charge is 2.21. The molecule has 3 heteroatoms. The summed E-state index contributed by atoms with van der Waals surface area (Å²) in [7, 11) is 0. The van der Waals surface area contributed by atoms with Crippen LogP contribution in [0, 0.1) is 6.92 Å². The summed E-state index contributed by atoms with van der Waals surface area (Å²) in [5.41, 5.74) is 1.50. The number of hydrogen-bond acceptors (Lipinski definition) is 2. The van der Waals surface area contributed by atoms with Gasteiger partial charge in [-0.25, -0.2) is 0 Å². The van der Waals surface area contributed by atoms with Crippen LogP contribution in [-0.4, -0.2) is 23.3 Å². The molecule has 0 aromatic heterocycles. The second-order valence-electron chi connectivity index (χ2n) is 4.27. The van der Waals surface area contributed by atoms with E-state index in [1.165, 1.54) is 4.90 Å². The van der Waals surface area contributed by atoms with Crippen LogP contribution in [0.25, 0.3) is 0 Å². The molecule has 0 radical (unpaired) electrons. The van der Waals surface area contributed by atoms with Crippen molar-refractivity contribution in [2.24, 2.45) is 0 Å². The molecule has 1 rings (SSSR count). The third-order valence-electron chi connectivity index (χ3n) is 2.90. The van der Waals surface area contributed by atoms with Gasteiger partial charge in [0.25, 0.3) is 5.91 Å². The van der Waals surface area contributed by atoms with Crippen LogP contribution in [0.4, 0.5) is 0 Å². The van der Waals surface area contributed by atoms with E-state index < -0.39 is 0 Å². The normalized spacial score (nSPS) is 11.9. The highest BCUT2D eigenvalue weighted by atomic mass is 16.2. The monoisotopic (exact) mass is 233 g/mol. The van der Waals surface area contributed by atoms with Gasteiger partial charge < -0.3 is 0 Å². The summed E-state index contributed by atoms with van der Waals surface area (Å²) in [6, 6.07) is 7.28. The number of carbonyl (C=O) groups excluding carboxylic acids is 2. The minimum Gasteiger partial charge on any atom is -0.278 e. The molecule has 0 N–H and O–H groups in total. The van der Waals surface area contributed by atoms with Crippen molar-refractivity contribution in [2.75, 3.05) is 0 Å². The summed E-state index contributed by atoms with van der Waals surface area (Å²) in [6.07, 6.45) is 2.41. The van der Waals surface area contributed by atoms with E-state index in [4.69, 9.17) is 0 Å². The van der Waals surface area contributed by atoms with E-state index in [9.17, 15) is 9.59 Å². The smallest absolute Gasteiger partial charge is 0.260 e. The zero-order valence-electron chi connectivity index (χ0n) is 10.6. The van der Waals surface area contributed by atoms with Gasteiger partial charge in [-0.2, -0.15) is 0 Å². The zero-order chi connectivity index (χ0) is 12.8. The number of hydrogen-bond donors (Lipinski definition) is 0. The second-order valence-corrected chi connectivity index (χ2v) is 4.27. The Hall–Kier alpha value is -1.64. The molecule has 1 aromatic carbocycles. The number of imide groups is 1. The first-order valence-electron chi connectivity index (χ1n) is 5.95. The van der Waals surface area contributed by atoms with E-state index in [2.05, 4.69) is 0 Å². The summed E-state index contributed by atoms with van der Waals surface area (Å²) in [4.78, 5) is 24.5. The fraction of sp³-hybridized carbons (Fsp3) is 0.429. The summed E-state index contributed by atoms with van der Waals surface area (Å²) in [5.74, 6) is -0.209. The zero-order valence-corrected chi connectivity index (χ0v) is 10.6. The number of aryl methyl sites for hydroxylation is 1. The maximum atomic E-state index is 12.2. The van der Waals surface area contributed by atoms with Gasteiger partial charge >= 0.3 is 0 Å². The number of carbonyl (C=O) groups is 2. The Bertz CT molecular complexity index is 401. The van der Waals surface area contributed by atoms with Gasteiger partial charge in [0.1, 0.15) is 0 Å². The van der Waals surface area contributed by atoms with Crippen LogP contribution in [0.1, 0.15) is 42.6 Å². The summed E-state index contributed by atoms with van der Waals surface area (Å²) < 4.78 is 0. The van der Waals surface area contributed by atoms with Crippen molar-refractivity contribution in [3.63, 3.8) is 0 Å². The Balaban J connectivity index is 2.94. The molecule has 3 nitrogen and oxygen atoms in total. The Morgan fingerprint density at radius 1 is 1.41 bits per heavy atom. The molecular formula is C14H19NO2. The predicted octanol–water partition coefficient (Wildman–Crippen LogP) is 2.78. The fourth-order valence-electron chi connectivity index (χ4n) is 1.86. The third kappa shape index (κ3) is 3.16. The number of benzene rings is 1. The van der Waals surface area contributed by atoms with Crippen LogP contribution >= 0.6 is 0 Å². The van der Waals surface area contributed by atoms with Crippen molar-refractivity contribution in [3.8, 4) is 0 Å². The molecule has 0 aliphatic rings. The van der Waals surface area contributed by atoms with E-state index in [0.29, 0.717) is 12.0 Å². The van der Waals surface area contributed by atoms with Crippen molar-refractivity contribution >= 4 is 12.3 Å². The van der Waals surface area contributed by atoms with Gasteiger partial charge in [0.2, 0.25) is 6.41 Å². The minimum atomic E-state index is -0.209. The molecule has 0 aliphatic carbocycles. The SMILES string of the molecule is CCCC(C)N(C=O)C(=O)c1ccccc1C. The van der Waals surface area contributed by atoms with Gasteiger partial charge in [0.05, 0.1) is 0 Å². The Labute approximate surface area is 102 Å². The second kappa shape index (κ2) is 6.18. The Kier molecular flexibility index (Phi) is 4.88. The molecule has 0 saturated heterocycles. The standard InChI is InChI=1S/C14H19NO2/c1-4-7-12(3)15(10-16)14(17)13-9-6-5-8-11(13)2/h5-6,8-10,12H,4,7H2,1-3H3. The topological polar surface area (TPSA) is 37.4 Å². The molecule has 0 saturated carbocycles. The maximum absolute atomic E-state index is 12.2. The van der Waals surface area contributed by atoms with Crippen LogP contribution in [0.5, 0.6) is 0 Å². The average molecular weight is 233 g/mol. The van der Waals surface area contributed by atoms with Crippen LogP contribution < -0.4 is 0 Å². The molecular weight excluding hydrogens is 214 g/mol. The van der Waals surface area contributed by atoms with E-state index in [1.807, 2.05) is 39.0 Å². The van der Waals surface area contributed by atoms with Gasteiger partial charge in [0.15, 0.2) is 0 Å². The molecule has 1 atom stereocenters. The van der Waals surface area contributed by atoms with E-state index in [-0.39, 0.29) is 11.9 Å². The largest absolute Gasteiger partial charge is 0.278 e. The van der Waals surface area contributed by atoms with Crippen molar-refractivity contribution in [1.82, 2.24) is 4.90 Å². The van der Waals surface area contributed by atoms with Crippen molar-refractivity contribution < 1.29 is 9.59 Å². The van der Waals surface area contributed by atoms with E-state index >= 15 is 0 Å². The lowest BCUT2D eigenvalue weighted by Gasteiger charge is -2.23. The lowest BCUT2D eigenvalue weighted by molar-refractivity contribution is -0.117. The van der Waals surface area contributed by atoms with Gasteiger partial charge in [-0.1, -0.05) is 31.5 Å². The van der Waals surface area contributed by atoms with Gasteiger partial charge in [0, 0.05) is 11.6 Å². The number of rotatable bonds is 5. The third-order valence-corrected chi connectivity index (χ3v) is 2.90. The molecule has 0 bridgehead atoms. The van der Waals surface area contributed by atoms with E-state index in [0.717, 1.165) is 18.4 Å².